The van der Waals surface area contributed by atoms with Crippen molar-refractivity contribution in [1.82, 2.24) is 5.32 Å². The maximum absolute atomic E-state index is 13.1. The van der Waals surface area contributed by atoms with Crippen molar-refractivity contribution in [2.24, 2.45) is 0 Å². The summed E-state index contributed by atoms with van der Waals surface area (Å²) in [6.07, 6.45) is 1.92. The molecule has 1 atom stereocenters. The molecule has 1 aromatic rings. The molecule has 15 heavy (non-hydrogen) atoms. The van der Waals surface area contributed by atoms with Crippen LogP contribution in [0.1, 0.15) is 19.4 Å². The van der Waals surface area contributed by atoms with Gasteiger partial charge in [-0.25, -0.2) is 4.39 Å². The molecule has 0 aliphatic heterocycles. The molecule has 1 aliphatic rings. The highest BCUT2D eigenvalue weighted by atomic mass is 19.1. The zero-order chi connectivity index (χ0) is 11.1. The third kappa shape index (κ3) is 1.65. The Labute approximate surface area is 87.8 Å². The maximum Gasteiger partial charge on any atom is 0.218 e. The highest BCUT2D eigenvalue weighted by molar-refractivity contribution is 5.77. The summed E-state index contributed by atoms with van der Waals surface area (Å²) in [6.45, 7) is 3.38. The first-order chi connectivity index (χ1) is 7.04. The van der Waals surface area contributed by atoms with Gasteiger partial charge in [-0.2, -0.15) is 0 Å². The van der Waals surface area contributed by atoms with E-state index in [9.17, 15) is 9.18 Å². The molecule has 1 aromatic carbocycles. The fourth-order valence-corrected chi connectivity index (χ4v) is 1.82. The highest BCUT2D eigenvalue weighted by Crippen LogP contribution is 2.43. The maximum atomic E-state index is 13.1. The van der Waals surface area contributed by atoms with Gasteiger partial charge in [-0.1, -0.05) is 12.1 Å². The third-order valence-corrected chi connectivity index (χ3v) is 2.62. The van der Waals surface area contributed by atoms with Crippen LogP contribution in [0.5, 0.6) is 0 Å². The van der Waals surface area contributed by atoms with E-state index in [1.165, 1.54) is 19.1 Å². The van der Waals surface area contributed by atoms with Gasteiger partial charge < -0.3 is 5.32 Å². The van der Waals surface area contributed by atoms with Crippen LogP contribution in [0.25, 0.3) is 0 Å². The molecule has 0 aromatic heterocycles. The van der Waals surface area contributed by atoms with Crippen LogP contribution in [-0.4, -0.2) is 5.91 Å². The number of amides is 1. The number of carbonyl (C=O) groups excluding carboxylic acids is 1. The molecule has 2 nitrogen and oxygen atoms in total. The molecule has 1 amide bonds. The summed E-state index contributed by atoms with van der Waals surface area (Å²) >= 11 is 0. The standard InChI is InChI=1S/C12H12FNO/c1-8-7-12(8,14-9(2)15)10-4-3-5-11(13)6-10/h3-7H,1-2H3,(H,14,15). The smallest absolute Gasteiger partial charge is 0.218 e. The van der Waals surface area contributed by atoms with Crippen molar-refractivity contribution in [3.63, 3.8) is 0 Å². The lowest BCUT2D eigenvalue weighted by Crippen LogP contribution is -2.35. The summed E-state index contributed by atoms with van der Waals surface area (Å²) in [7, 11) is 0. The lowest BCUT2D eigenvalue weighted by molar-refractivity contribution is -0.119. The topological polar surface area (TPSA) is 29.1 Å². The van der Waals surface area contributed by atoms with E-state index in [-0.39, 0.29) is 11.7 Å². The van der Waals surface area contributed by atoms with Gasteiger partial charge >= 0.3 is 0 Å². The van der Waals surface area contributed by atoms with Gasteiger partial charge in [-0.3, -0.25) is 4.79 Å². The van der Waals surface area contributed by atoms with Gasteiger partial charge in [0.15, 0.2) is 0 Å². The van der Waals surface area contributed by atoms with Crippen LogP contribution in [0.3, 0.4) is 0 Å². The molecule has 0 heterocycles. The Balaban J connectivity index is 2.32. The molecule has 0 radical (unpaired) electrons. The van der Waals surface area contributed by atoms with Gasteiger partial charge in [0.1, 0.15) is 11.4 Å². The first-order valence-electron chi connectivity index (χ1n) is 4.79. The van der Waals surface area contributed by atoms with Crippen LogP contribution in [0.15, 0.2) is 35.9 Å². The summed E-state index contributed by atoms with van der Waals surface area (Å²) in [4.78, 5) is 11.1. The highest BCUT2D eigenvalue weighted by Gasteiger charge is 2.43. The van der Waals surface area contributed by atoms with Gasteiger partial charge in [-0.05, 0) is 36.3 Å². The lowest BCUT2D eigenvalue weighted by atomic mass is 10.00. The Kier molecular flexibility index (Phi) is 2.11. The van der Waals surface area contributed by atoms with E-state index >= 15 is 0 Å². The average molecular weight is 205 g/mol. The Morgan fingerprint density at radius 3 is 2.60 bits per heavy atom. The Bertz CT molecular complexity index is 453. The Hall–Kier alpha value is -1.64. The van der Waals surface area contributed by atoms with Gasteiger partial charge in [0.25, 0.3) is 0 Å². The van der Waals surface area contributed by atoms with Crippen molar-refractivity contribution in [1.29, 1.82) is 0 Å². The number of hydrogen-bond acceptors (Lipinski definition) is 1. The van der Waals surface area contributed by atoms with Crippen LogP contribution >= 0.6 is 0 Å². The van der Waals surface area contributed by atoms with Crippen molar-refractivity contribution < 1.29 is 9.18 Å². The van der Waals surface area contributed by atoms with Crippen LogP contribution in [0.4, 0.5) is 4.39 Å². The van der Waals surface area contributed by atoms with Gasteiger partial charge in [0, 0.05) is 6.92 Å². The number of halogens is 1. The third-order valence-electron chi connectivity index (χ3n) is 2.62. The molecule has 2 rings (SSSR count). The van der Waals surface area contributed by atoms with Crippen molar-refractivity contribution in [3.05, 3.63) is 47.3 Å². The molecule has 1 N–H and O–H groups in total. The lowest BCUT2D eigenvalue weighted by Gasteiger charge is -2.19. The fourth-order valence-electron chi connectivity index (χ4n) is 1.82. The van der Waals surface area contributed by atoms with Crippen molar-refractivity contribution >= 4 is 5.91 Å². The first-order valence-corrected chi connectivity index (χ1v) is 4.79. The number of carbonyl (C=O) groups is 1. The minimum atomic E-state index is -0.534. The van der Waals surface area contributed by atoms with Gasteiger partial charge in [0.2, 0.25) is 5.91 Å². The largest absolute Gasteiger partial charge is 0.340 e. The number of nitrogens with one attached hydrogen (secondary N) is 1. The van der Waals surface area contributed by atoms with Crippen LogP contribution in [0, 0.1) is 5.82 Å². The predicted octanol–water partition coefficient (Wildman–Crippen LogP) is 2.12. The summed E-state index contributed by atoms with van der Waals surface area (Å²) in [5, 5.41) is 2.83. The van der Waals surface area contributed by atoms with Crippen molar-refractivity contribution in [3.8, 4) is 0 Å². The average Bonchev–Trinajstić information content (AvgIpc) is 2.76. The molecule has 0 bridgehead atoms. The quantitative estimate of drug-likeness (QED) is 0.736. The van der Waals surface area contributed by atoms with E-state index in [0.717, 1.165) is 11.1 Å². The summed E-state index contributed by atoms with van der Waals surface area (Å²) in [5.74, 6) is -0.405. The number of rotatable bonds is 2. The number of benzene rings is 1. The van der Waals surface area contributed by atoms with Crippen LogP contribution in [0.2, 0.25) is 0 Å². The fraction of sp³-hybridized carbons (Fsp3) is 0.250. The van der Waals surface area contributed by atoms with Crippen molar-refractivity contribution in [2.75, 3.05) is 0 Å². The zero-order valence-electron chi connectivity index (χ0n) is 8.67. The summed E-state index contributed by atoms with van der Waals surface area (Å²) in [5.41, 5.74) is 1.28. The molecule has 0 saturated heterocycles. The second-order valence-electron chi connectivity index (χ2n) is 3.83. The molecular formula is C12H12FNO. The number of hydrogen-bond donors (Lipinski definition) is 1. The first kappa shape index (κ1) is 9.90. The van der Waals surface area contributed by atoms with E-state index in [1.807, 2.05) is 19.1 Å². The molecule has 3 heteroatoms. The van der Waals surface area contributed by atoms with Gasteiger partial charge in [0.05, 0.1) is 0 Å². The summed E-state index contributed by atoms with van der Waals surface area (Å²) < 4.78 is 13.1. The minimum absolute atomic E-state index is 0.118. The van der Waals surface area contributed by atoms with Crippen LogP contribution < -0.4 is 5.32 Å². The van der Waals surface area contributed by atoms with E-state index < -0.39 is 5.54 Å². The Morgan fingerprint density at radius 2 is 2.13 bits per heavy atom. The minimum Gasteiger partial charge on any atom is -0.340 e. The van der Waals surface area contributed by atoms with Crippen LogP contribution in [-0.2, 0) is 10.3 Å². The molecule has 1 unspecified atom stereocenters. The predicted molar refractivity (Wildman–Crippen MR) is 55.7 cm³/mol. The molecule has 0 saturated carbocycles. The molecule has 0 fully saturated rings. The van der Waals surface area contributed by atoms with E-state index in [1.54, 1.807) is 6.07 Å². The summed E-state index contributed by atoms with van der Waals surface area (Å²) in [6, 6.07) is 6.30. The van der Waals surface area contributed by atoms with Crippen molar-refractivity contribution in [2.45, 2.75) is 19.4 Å². The van der Waals surface area contributed by atoms with Gasteiger partial charge in [-0.15, -0.1) is 0 Å². The zero-order valence-corrected chi connectivity index (χ0v) is 8.67. The second-order valence-corrected chi connectivity index (χ2v) is 3.83. The normalized spacial score (nSPS) is 23.3. The SMILES string of the molecule is CC(=O)NC1(c2cccc(F)c2)C=C1C. The molecule has 78 valence electrons. The second kappa shape index (κ2) is 3.19. The van der Waals surface area contributed by atoms with E-state index in [4.69, 9.17) is 0 Å². The van der Waals surface area contributed by atoms with E-state index in [2.05, 4.69) is 5.32 Å². The Morgan fingerprint density at radius 1 is 1.47 bits per heavy atom. The molecule has 1 aliphatic carbocycles. The molecule has 0 spiro atoms. The molecular weight excluding hydrogens is 193 g/mol. The monoisotopic (exact) mass is 205 g/mol. The van der Waals surface area contributed by atoms with E-state index in [0.29, 0.717) is 0 Å².